The molecule has 0 aliphatic carbocycles. The second kappa shape index (κ2) is 13.4. The summed E-state index contributed by atoms with van der Waals surface area (Å²) in [7, 11) is 0. The number of amides is 1. The third-order valence-corrected chi connectivity index (χ3v) is 7.95. The Kier molecular flexibility index (Phi) is 9.20. The van der Waals surface area contributed by atoms with Gasteiger partial charge in [0.25, 0.3) is 0 Å². The zero-order valence-corrected chi connectivity index (χ0v) is 25.6. The highest BCUT2D eigenvalue weighted by molar-refractivity contribution is 6.35. The van der Waals surface area contributed by atoms with Crippen molar-refractivity contribution in [3.05, 3.63) is 101 Å². The lowest BCUT2D eigenvalue weighted by atomic mass is 10.1. The average Bonchev–Trinajstić information content (AvgIpc) is 3.67. The summed E-state index contributed by atoms with van der Waals surface area (Å²) in [6.07, 6.45) is 2.22. The Morgan fingerprint density at radius 3 is 2.59 bits per heavy atom. The van der Waals surface area contributed by atoms with E-state index in [0.29, 0.717) is 41.1 Å². The van der Waals surface area contributed by atoms with Crippen LogP contribution in [0.4, 0.5) is 10.5 Å². The quantitative estimate of drug-likeness (QED) is 0.269. The summed E-state index contributed by atoms with van der Waals surface area (Å²) in [5.41, 5.74) is 5.59. The van der Waals surface area contributed by atoms with Gasteiger partial charge in [-0.25, -0.2) is 19.5 Å². The second-order valence-corrected chi connectivity index (χ2v) is 11.5. The normalized spacial score (nSPS) is 20.4. The Balaban J connectivity index is 0.996. The minimum Gasteiger partial charge on any atom is -0.491 e. The molecule has 0 unspecified atom stereocenters. The number of hydrogen-bond donors (Lipinski definition) is 1. The van der Waals surface area contributed by atoms with E-state index in [1.54, 1.807) is 35.3 Å². The number of ether oxygens (including phenoxy) is 4. The number of carbonyl (C=O) groups excluding carboxylic acids is 1. The van der Waals surface area contributed by atoms with Crippen molar-refractivity contribution >= 4 is 35.0 Å². The molecule has 4 aromatic rings. The lowest BCUT2D eigenvalue weighted by molar-refractivity contribution is -0.190. The van der Waals surface area contributed by atoms with Crippen LogP contribution in [0.25, 0.3) is 0 Å². The smallest absolute Gasteiger partial charge is 0.427 e. The predicted octanol–water partition coefficient (Wildman–Crippen LogP) is 5.07. The van der Waals surface area contributed by atoms with Gasteiger partial charge in [-0.3, -0.25) is 5.43 Å². The van der Waals surface area contributed by atoms with E-state index in [2.05, 4.69) is 20.4 Å². The van der Waals surface area contributed by atoms with Crippen molar-refractivity contribution in [2.24, 2.45) is 0 Å². The Labute approximate surface area is 265 Å². The van der Waals surface area contributed by atoms with Crippen LogP contribution < -0.4 is 19.8 Å². The minimum atomic E-state index is -1.17. The molecule has 0 spiro atoms. The first kappa shape index (κ1) is 30.2. The van der Waals surface area contributed by atoms with Crippen molar-refractivity contribution in [2.45, 2.75) is 25.4 Å². The van der Waals surface area contributed by atoms with E-state index >= 15 is 0 Å². The molecule has 1 amide bonds. The summed E-state index contributed by atoms with van der Waals surface area (Å²) < 4.78 is 25.8. The Morgan fingerprint density at radius 2 is 1.86 bits per heavy atom. The van der Waals surface area contributed by atoms with Crippen LogP contribution in [0.3, 0.4) is 0 Å². The van der Waals surface area contributed by atoms with Gasteiger partial charge < -0.3 is 23.8 Å². The Bertz CT molecular complexity index is 1570. The molecule has 13 heteroatoms. The molecule has 1 aromatic heterocycles. The lowest BCUT2D eigenvalue weighted by Gasteiger charge is -2.35. The average molecular weight is 640 g/mol. The third-order valence-electron chi connectivity index (χ3n) is 7.40. The number of halogens is 2. The van der Waals surface area contributed by atoms with Gasteiger partial charge in [0.15, 0.2) is 0 Å². The molecule has 2 atom stereocenters. The molecule has 44 heavy (non-hydrogen) atoms. The monoisotopic (exact) mass is 638 g/mol. The molecule has 2 aliphatic rings. The first-order valence-electron chi connectivity index (χ1n) is 14.2. The summed E-state index contributed by atoms with van der Waals surface area (Å²) >= 11 is 12.7. The van der Waals surface area contributed by atoms with Gasteiger partial charge in [-0.1, -0.05) is 41.4 Å². The van der Waals surface area contributed by atoms with E-state index < -0.39 is 11.9 Å². The van der Waals surface area contributed by atoms with Crippen LogP contribution >= 0.6 is 23.2 Å². The van der Waals surface area contributed by atoms with Gasteiger partial charge in [0.05, 0.1) is 11.6 Å². The second-order valence-electron chi connectivity index (χ2n) is 10.6. The molecular formula is C31H32Cl2N6O5. The van der Waals surface area contributed by atoms with Gasteiger partial charge in [0, 0.05) is 42.5 Å². The van der Waals surface area contributed by atoms with Crippen LogP contribution in [0.1, 0.15) is 11.1 Å². The van der Waals surface area contributed by atoms with E-state index in [1.807, 2.05) is 54.4 Å². The van der Waals surface area contributed by atoms with E-state index in [0.717, 1.165) is 30.1 Å². The molecule has 2 aliphatic heterocycles. The number of anilines is 1. The first-order valence-corrected chi connectivity index (χ1v) is 15.0. The van der Waals surface area contributed by atoms with Gasteiger partial charge in [0.2, 0.25) is 5.79 Å². The summed E-state index contributed by atoms with van der Waals surface area (Å²) in [5.74, 6) is 0.0732. The largest absolute Gasteiger partial charge is 0.491 e. The van der Waals surface area contributed by atoms with Gasteiger partial charge in [-0.2, -0.15) is 5.10 Å². The third kappa shape index (κ3) is 7.25. The minimum absolute atomic E-state index is 0.260. The summed E-state index contributed by atoms with van der Waals surface area (Å²) in [6.45, 7) is 5.63. The zero-order valence-electron chi connectivity index (χ0n) is 24.1. The number of benzene rings is 3. The van der Waals surface area contributed by atoms with E-state index in [9.17, 15) is 4.79 Å². The van der Waals surface area contributed by atoms with Gasteiger partial charge in [0.1, 0.15) is 43.4 Å². The van der Waals surface area contributed by atoms with Crippen LogP contribution in [0.2, 0.25) is 10.0 Å². The fourth-order valence-electron chi connectivity index (χ4n) is 5.24. The molecule has 0 bridgehead atoms. The summed E-state index contributed by atoms with van der Waals surface area (Å²) in [4.78, 5) is 18.6. The van der Waals surface area contributed by atoms with E-state index in [1.165, 1.54) is 6.33 Å². The SMILES string of the molecule is Cc1cccc(OC(=O)NN2CCN(c3ccc(OC[C@@H]4CO[C@@](Cn5cncn5)(c5ccc(Cl)cc5Cl)O4)cc3)CC2)c1. The van der Waals surface area contributed by atoms with Crippen molar-refractivity contribution in [1.29, 1.82) is 0 Å². The maximum atomic E-state index is 12.3. The number of aryl methyl sites for hydroxylation is 1. The number of nitrogens with one attached hydrogen (secondary N) is 1. The van der Waals surface area contributed by atoms with E-state index in [-0.39, 0.29) is 19.3 Å². The van der Waals surface area contributed by atoms with Crippen molar-refractivity contribution in [3.63, 3.8) is 0 Å². The lowest BCUT2D eigenvalue weighted by Crippen LogP contribution is -2.54. The molecule has 0 radical (unpaired) electrons. The predicted molar refractivity (Wildman–Crippen MR) is 165 cm³/mol. The molecule has 2 fully saturated rings. The number of aromatic nitrogens is 3. The van der Waals surface area contributed by atoms with Crippen molar-refractivity contribution in [3.8, 4) is 11.5 Å². The molecule has 3 heterocycles. The number of carbonyl (C=O) groups is 1. The van der Waals surface area contributed by atoms with Crippen LogP contribution in [-0.2, 0) is 21.8 Å². The highest BCUT2D eigenvalue weighted by Crippen LogP contribution is 2.40. The fraction of sp³-hybridized carbons (Fsp3) is 0.323. The number of piperazine rings is 1. The number of rotatable bonds is 9. The van der Waals surface area contributed by atoms with Gasteiger partial charge in [-0.05, 0) is 61.0 Å². The number of hydrazine groups is 1. The van der Waals surface area contributed by atoms with Gasteiger partial charge in [-0.15, -0.1) is 0 Å². The molecule has 2 saturated heterocycles. The molecule has 3 aromatic carbocycles. The molecule has 0 saturated carbocycles. The Morgan fingerprint density at radius 1 is 1.05 bits per heavy atom. The zero-order chi connectivity index (χ0) is 30.5. The van der Waals surface area contributed by atoms with Gasteiger partial charge >= 0.3 is 6.09 Å². The molecular weight excluding hydrogens is 607 g/mol. The first-order chi connectivity index (χ1) is 21.3. The van der Waals surface area contributed by atoms with E-state index in [4.69, 9.17) is 42.1 Å². The highest BCUT2D eigenvalue weighted by atomic mass is 35.5. The topological polar surface area (TPSA) is 103 Å². The summed E-state index contributed by atoms with van der Waals surface area (Å²) in [6, 6.07) is 20.5. The van der Waals surface area contributed by atoms with Crippen LogP contribution in [0.15, 0.2) is 79.4 Å². The standard InChI is InChI=1S/C31H32Cl2N6O5/c1-22-3-2-4-26(15-22)43-30(40)36-38-13-11-37(12-14-38)24-6-8-25(9-7-24)41-17-27-18-42-31(44-27,19-39-21-34-20-35-39)28-10-5-23(32)16-29(28)33/h2-10,15-16,20-21,27H,11-14,17-19H2,1H3,(H,36,40)/t27-,31-/m1/s1. The van der Waals surface area contributed by atoms with Crippen LogP contribution in [-0.4, -0.2) is 71.4 Å². The van der Waals surface area contributed by atoms with Crippen LogP contribution in [0.5, 0.6) is 11.5 Å². The number of hydrogen-bond acceptors (Lipinski definition) is 9. The molecule has 230 valence electrons. The Hall–Kier alpha value is -3.87. The fourth-order valence-corrected chi connectivity index (χ4v) is 5.79. The molecule has 11 nitrogen and oxygen atoms in total. The van der Waals surface area contributed by atoms with Crippen molar-refractivity contribution in [2.75, 3.05) is 44.3 Å². The number of nitrogens with zero attached hydrogens (tertiary/aromatic N) is 5. The maximum absolute atomic E-state index is 12.3. The molecule has 1 N–H and O–H groups in total. The van der Waals surface area contributed by atoms with Crippen molar-refractivity contribution in [1.82, 2.24) is 25.2 Å². The highest BCUT2D eigenvalue weighted by Gasteiger charge is 2.45. The maximum Gasteiger partial charge on any atom is 0.427 e. The van der Waals surface area contributed by atoms with Crippen LogP contribution in [0, 0.1) is 6.92 Å². The molecule has 6 rings (SSSR count). The summed E-state index contributed by atoms with van der Waals surface area (Å²) in [5, 5.41) is 7.04. The van der Waals surface area contributed by atoms with Crippen molar-refractivity contribution < 1.29 is 23.7 Å².